The van der Waals surface area contributed by atoms with Crippen LogP contribution in [-0.4, -0.2) is 17.1 Å². The first-order valence-corrected chi connectivity index (χ1v) is 10.8. The molecule has 31 heavy (non-hydrogen) atoms. The molecule has 0 N–H and O–H groups in total. The van der Waals surface area contributed by atoms with E-state index in [0.717, 1.165) is 48.3 Å². The van der Waals surface area contributed by atoms with Gasteiger partial charge in [0.25, 0.3) is 0 Å². The number of hydrogen-bond donors (Lipinski definition) is 0. The van der Waals surface area contributed by atoms with Gasteiger partial charge in [-0.1, -0.05) is 54.1 Å². The normalized spacial score (nSPS) is 15.8. The van der Waals surface area contributed by atoms with Crippen molar-refractivity contribution < 1.29 is 4.74 Å². The van der Waals surface area contributed by atoms with Gasteiger partial charge in [0.15, 0.2) is 0 Å². The number of nitriles is 1. The third-order valence-corrected chi connectivity index (χ3v) is 6.08. The minimum atomic E-state index is 0.301. The summed E-state index contributed by atoms with van der Waals surface area (Å²) in [5.41, 5.74) is 6.18. The molecule has 0 bridgehead atoms. The molecular weight excluding hydrogens is 406 g/mol. The summed E-state index contributed by atoms with van der Waals surface area (Å²) in [7, 11) is 1.67. The molecule has 4 rings (SSSR count). The van der Waals surface area contributed by atoms with Gasteiger partial charge in [-0.15, -0.1) is 0 Å². The Kier molecular flexibility index (Phi) is 6.34. The van der Waals surface area contributed by atoms with E-state index in [1.807, 2.05) is 37.3 Å². The number of aromatic nitrogens is 2. The Morgan fingerprint density at radius 2 is 1.97 bits per heavy atom. The summed E-state index contributed by atoms with van der Waals surface area (Å²) in [6, 6.07) is 18.0. The SMILES string of the molecule is COc1nc(C)nc(C2CC=C(c3ccc(C#N)cc3Cl)CC2)c1Cc1ccccc1. The lowest BCUT2D eigenvalue weighted by Crippen LogP contribution is -2.13. The van der Waals surface area contributed by atoms with Crippen LogP contribution in [0.1, 0.15) is 59.0 Å². The van der Waals surface area contributed by atoms with Gasteiger partial charge >= 0.3 is 0 Å². The van der Waals surface area contributed by atoms with Crippen molar-refractivity contribution in [2.75, 3.05) is 7.11 Å². The number of nitrogens with zero attached hydrogens (tertiary/aromatic N) is 3. The molecule has 0 saturated heterocycles. The second-order valence-electron chi connectivity index (χ2n) is 7.81. The summed E-state index contributed by atoms with van der Waals surface area (Å²) >= 11 is 6.44. The van der Waals surface area contributed by atoms with Gasteiger partial charge < -0.3 is 4.74 Å². The predicted octanol–water partition coefficient (Wildman–Crippen LogP) is 6.26. The molecule has 1 heterocycles. The summed E-state index contributed by atoms with van der Waals surface area (Å²) < 4.78 is 5.65. The molecule has 0 aliphatic heterocycles. The van der Waals surface area contributed by atoms with Crippen molar-refractivity contribution in [3.05, 3.63) is 93.4 Å². The van der Waals surface area contributed by atoms with Crippen molar-refractivity contribution in [3.8, 4) is 11.9 Å². The molecule has 1 aromatic heterocycles. The Hall–Kier alpha value is -3.16. The summed E-state index contributed by atoms with van der Waals surface area (Å²) in [6.07, 6.45) is 5.77. The van der Waals surface area contributed by atoms with Crippen LogP contribution in [0.25, 0.3) is 5.57 Å². The van der Waals surface area contributed by atoms with E-state index in [9.17, 15) is 0 Å². The smallest absolute Gasteiger partial charge is 0.220 e. The van der Waals surface area contributed by atoms with Crippen molar-refractivity contribution in [2.24, 2.45) is 0 Å². The Balaban J connectivity index is 1.65. The number of hydrogen-bond acceptors (Lipinski definition) is 4. The fourth-order valence-electron chi connectivity index (χ4n) is 4.24. The molecule has 0 saturated carbocycles. The highest BCUT2D eigenvalue weighted by atomic mass is 35.5. The lowest BCUT2D eigenvalue weighted by atomic mass is 9.82. The molecule has 3 aromatic rings. The molecule has 1 aliphatic carbocycles. The van der Waals surface area contributed by atoms with E-state index in [4.69, 9.17) is 26.6 Å². The van der Waals surface area contributed by atoms with Crippen LogP contribution in [0.15, 0.2) is 54.6 Å². The van der Waals surface area contributed by atoms with Crippen LogP contribution in [0.5, 0.6) is 5.88 Å². The maximum Gasteiger partial charge on any atom is 0.220 e. The van der Waals surface area contributed by atoms with Crippen molar-refractivity contribution in [2.45, 2.75) is 38.5 Å². The largest absolute Gasteiger partial charge is 0.481 e. The fraction of sp³-hybridized carbons (Fsp3) is 0.269. The standard InChI is InChI=1S/C26H24ClN3O/c1-17-29-25(23(26(30-17)31-2)14-18-6-4-3-5-7-18)21-11-9-20(10-12-21)22-13-8-19(16-28)15-24(22)27/h3-9,13,15,21H,10-12,14H2,1-2H3. The van der Waals surface area contributed by atoms with E-state index in [0.29, 0.717) is 22.4 Å². The quantitative estimate of drug-likeness (QED) is 0.480. The molecule has 1 aliphatic rings. The molecule has 5 heteroatoms. The first-order chi connectivity index (χ1) is 15.1. The minimum Gasteiger partial charge on any atom is -0.481 e. The number of methoxy groups -OCH3 is 1. The maximum absolute atomic E-state index is 9.08. The van der Waals surface area contributed by atoms with Crippen molar-refractivity contribution in [1.29, 1.82) is 5.26 Å². The lowest BCUT2D eigenvalue weighted by Gasteiger charge is -2.25. The van der Waals surface area contributed by atoms with E-state index >= 15 is 0 Å². The second kappa shape index (κ2) is 9.32. The first-order valence-electron chi connectivity index (χ1n) is 10.4. The van der Waals surface area contributed by atoms with Crippen LogP contribution in [-0.2, 0) is 6.42 Å². The van der Waals surface area contributed by atoms with Gasteiger partial charge in [0, 0.05) is 22.9 Å². The molecule has 156 valence electrons. The van der Waals surface area contributed by atoms with Crippen LogP contribution in [0.2, 0.25) is 5.02 Å². The first kappa shape index (κ1) is 21.1. The van der Waals surface area contributed by atoms with E-state index in [2.05, 4.69) is 29.3 Å². The summed E-state index contributed by atoms with van der Waals surface area (Å²) in [5, 5.41) is 9.71. The van der Waals surface area contributed by atoms with Gasteiger partial charge in [0.1, 0.15) is 5.82 Å². The summed E-state index contributed by atoms with van der Waals surface area (Å²) in [4.78, 5) is 9.40. The predicted molar refractivity (Wildman–Crippen MR) is 123 cm³/mol. The van der Waals surface area contributed by atoms with Gasteiger partial charge in [-0.2, -0.15) is 10.2 Å². The zero-order valence-electron chi connectivity index (χ0n) is 17.7. The van der Waals surface area contributed by atoms with Gasteiger partial charge in [-0.05, 0) is 55.0 Å². The molecule has 0 fully saturated rings. The molecule has 1 unspecified atom stereocenters. The summed E-state index contributed by atoms with van der Waals surface area (Å²) in [6.45, 7) is 1.92. The van der Waals surface area contributed by atoms with Crippen LogP contribution in [0.3, 0.4) is 0 Å². The third-order valence-electron chi connectivity index (χ3n) is 5.77. The zero-order chi connectivity index (χ0) is 21.8. The van der Waals surface area contributed by atoms with Crippen molar-refractivity contribution in [1.82, 2.24) is 9.97 Å². The Morgan fingerprint density at radius 3 is 2.61 bits per heavy atom. The number of rotatable bonds is 5. The van der Waals surface area contributed by atoms with Crippen molar-refractivity contribution in [3.63, 3.8) is 0 Å². The average Bonchev–Trinajstić information content (AvgIpc) is 2.80. The van der Waals surface area contributed by atoms with Gasteiger partial charge in [0.05, 0.1) is 24.4 Å². The third kappa shape index (κ3) is 4.62. The van der Waals surface area contributed by atoms with Crippen LogP contribution in [0.4, 0.5) is 0 Å². The van der Waals surface area contributed by atoms with Crippen molar-refractivity contribution >= 4 is 17.2 Å². The zero-order valence-corrected chi connectivity index (χ0v) is 18.5. The Bertz CT molecular complexity index is 1170. The highest BCUT2D eigenvalue weighted by Gasteiger charge is 2.25. The molecule has 0 radical (unpaired) electrons. The van der Waals surface area contributed by atoms with Gasteiger partial charge in [-0.3, -0.25) is 0 Å². The summed E-state index contributed by atoms with van der Waals surface area (Å²) in [5.74, 6) is 1.69. The topological polar surface area (TPSA) is 58.8 Å². The number of aryl methyl sites for hydroxylation is 1. The van der Waals surface area contributed by atoms with Crippen LogP contribution >= 0.6 is 11.6 Å². The monoisotopic (exact) mass is 429 g/mol. The molecular formula is C26H24ClN3O. The Labute approximate surface area is 188 Å². The number of ether oxygens (including phenoxy) is 1. The van der Waals surface area contributed by atoms with E-state index < -0.39 is 0 Å². The molecule has 4 nitrogen and oxygen atoms in total. The average molecular weight is 430 g/mol. The molecule has 2 aromatic carbocycles. The van der Waals surface area contributed by atoms with Crippen LogP contribution in [0, 0.1) is 18.3 Å². The molecule has 1 atom stereocenters. The van der Waals surface area contributed by atoms with E-state index in [1.165, 1.54) is 11.1 Å². The Morgan fingerprint density at radius 1 is 1.16 bits per heavy atom. The minimum absolute atomic E-state index is 0.301. The second-order valence-corrected chi connectivity index (χ2v) is 8.22. The highest BCUT2D eigenvalue weighted by molar-refractivity contribution is 6.32. The number of halogens is 1. The van der Waals surface area contributed by atoms with E-state index in [-0.39, 0.29) is 0 Å². The molecule has 0 spiro atoms. The van der Waals surface area contributed by atoms with Crippen LogP contribution < -0.4 is 4.74 Å². The van der Waals surface area contributed by atoms with Gasteiger partial charge in [-0.25, -0.2) is 4.98 Å². The number of benzene rings is 2. The van der Waals surface area contributed by atoms with E-state index in [1.54, 1.807) is 13.2 Å². The molecule has 0 amide bonds. The fourth-order valence-corrected chi connectivity index (χ4v) is 4.54. The number of allylic oxidation sites excluding steroid dienone is 2. The highest BCUT2D eigenvalue weighted by Crippen LogP contribution is 2.40. The maximum atomic E-state index is 9.08. The lowest BCUT2D eigenvalue weighted by molar-refractivity contribution is 0.388. The van der Waals surface area contributed by atoms with Gasteiger partial charge in [0.2, 0.25) is 5.88 Å².